The Hall–Kier alpha value is -2.35. The van der Waals surface area contributed by atoms with Gasteiger partial charge in [0.25, 0.3) is 0 Å². The monoisotopic (exact) mass is 420 g/mol. The lowest BCUT2D eigenvalue weighted by Crippen LogP contribution is -2.55. The Morgan fingerprint density at radius 2 is 1.50 bits per heavy atom. The number of benzene rings is 1. The molecule has 1 amide bonds. The van der Waals surface area contributed by atoms with E-state index in [0.717, 1.165) is 57.8 Å². The van der Waals surface area contributed by atoms with Crippen LogP contribution in [0.2, 0.25) is 0 Å². The Bertz CT molecular complexity index is 708. The lowest BCUT2D eigenvalue weighted by molar-refractivity contribution is 0.00902. The number of carbonyl (C=O) groups is 1. The summed E-state index contributed by atoms with van der Waals surface area (Å²) in [5.41, 5.74) is 7.23. The van der Waals surface area contributed by atoms with Crippen LogP contribution in [0.3, 0.4) is 0 Å². The number of anilines is 2. The van der Waals surface area contributed by atoms with Crippen LogP contribution in [0.4, 0.5) is 16.2 Å². The van der Waals surface area contributed by atoms with E-state index in [1.807, 2.05) is 37.8 Å². The van der Waals surface area contributed by atoms with Gasteiger partial charge in [0.05, 0.1) is 14.2 Å². The molecular formula is C22H36N4O4. The summed E-state index contributed by atoms with van der Waals surface area (Å²) in [6.45, 7) is 10.9. The molecule has 0 unspecified atom stereocenters. The number of piperazine rings is 1. The highest BCUT2D eigenvalue weighted by molar-refractivity contribution is 5.70. The number of nitrogen functional groups attached to an aromatic ring is 1. The minimum Gasteiger partial charge on any atom is -0.494 e. The molecule has 0 atom stereocenters. The number of methoxy groups -OCH3 is 2. The molecule has 3 rings (SSSR count). The van der Waals surface area contributed by atoms with E-state index in [9.17, 15) is 4.79 Å². The standard InChI is InChI=1S/C22H36N4O4/c1-22(2,3)30-21(27)26-12-10-25(11-13-26)16-6-8-24(9-7-16)17-14-18(28-4)20(23)19(15-17)29-5/h14-16H,6-13,23H2,1-5H3. The van der Waals surface area contributed by atoms with Crippen LogP contribution in [0.5, 0.6) is 11.5 Å². The molecule has 0 aliphatic carbocycles. The van der Waals surface area contributed by atoms with E-state index in [1.165, 1.54) is 0 Å². The Labute approximate surface area is 179 Å². The van der Waals surface area contributed by atoms with Gasteiger partial charge in [-0.2, -0.15) is 0 Å². The zero-order valence-corrected chi connectivity index (χ0v) is 18.9. The zero-order valence-electron chi connectivity index (χ0n) is 18.9. The maximum absolute atomic E-state index is 12.3. The number of hydrogen-bond donors (Lipinski definition) is 1. The van der Waals surface area contributed by atoms with Gasteiger partial charge >= 0.3 is 6.09 Å². The summed E-state index contributed by atoms with van der Waals surface area (Å²) in [6, 6.07) is 4.51. The van der Waals surface area contributed by atoms with Gasteiger partial charge in [0, 0.05) is 63.1 Å². The molecule has 8 nitrogen and oxygen atoms in total. The third kappa shape index (κ3) is 5.22. The van der Waals surface area contributed by atoms with Crippen molar-refractivity contribution in [2.45, 2.75) is 45.3 Å². The van der Waals surface area contributed by atoms with E-state index in [4.69, 9.17) is 19.9 Å². The van der Waals surface area contributed by atoms with Crippen molar-refractivity contribution in [2.75, 3.05) is 64.1 Å². The van der Waals surface area contributed by atoms with Crippen molar-refractivity contribution >= 4 is 17.5 Å². The third-order valence-electron chi connectivity index (χ3n) is 5.84. The number of hydrogen-bond acceptors (Lipinski definition) is 7. The van der Waals surface area contributed by atoms with Crippen LogP contribution in [0, 0.1) is 0 Å². The van der Waals surface area contributed by atoms with Gasteiger partial charge in [0.15, 0.2) is 0 Å². The number of piperidine rings is 1. The predicted octanol–water partition coefficient (Wildman–Crippen LogP) is 2.81. The van der Waals surface area contributed by atoms with Crippen molar-refractivity contribution in [2.24, 2.45) is 0 Å². The van der Waals surface area contributed by atoms with Gasteiger partial charge in [0.2, 0.25) is 0 Å². The summed E-state index contributed by atoms with van der Waals surface area (Å²) in [7, 11) is 3.25. The molecule has 0 aromatic heterocycles. The molecule has 0 spiro atoms. The lowest BCUT2D eigenvalue weighted by Gasteiger charge is -2.43. The molecule has 2 N–H and O–H groups in total. The molecule has 0 bridgehead atoms. The molecule has 30 heavy (non-hydrogen) atoms. The van der Waals surface area contributed by atoms with Crippen LogP contribution in [0.1, 0.15) is 33.6 Å². The number of carbonyl (C=O) groups excluding carboxylic acids is 1. The summed E-state index contributed by atoms with van der Waals surface area (Å²) in [5, 5.41) is 0. The molecule has 8 heteroatoms. The fourth-order valence-corrected chi connectivity index (χ4v) is 4.19. The van der Waals surface area contributed by atoms with Crippen molar-refractivity contribution in [3.8, 4) is 11.5 Å². The van der Waals surface area contributed by atoms with E-state index in [1.54, 1.807) is 14.2 Å². The van der Waals surface area contributed by atoms with Crippen LogP contribution in [-0.2, 0) is 4.74 Å². The molecule has 2 heterocycles. The van der Waals surface area contributed by atoms with Gasteiger partial charge in [-0.05, 0) is 33.6 Å². The Kier molecular flexibility index (Phi) is 6.85. The fourth-order valence-electron chi connectivity index (χ4n) is 4.19. The van der Waals surface area contributed by atoms with Gasteiger partial charge in [-0.1, -0.05) is 0 Å². The highest BCUT2D eigenvalue weighted by Gasteiger charge is 2.31. The van der Waals surface area contributed by atoms with E-state index in [2.05, 4.69) is 9.80 Å². The first-order valence-corrected chi connectivity index (χ1v) is 10.7. The molecule has 168 valence electrons. The maximum Gasteiger partial charge on any atom is 0.410 e. The van der Waals surface area contributed by atoms with Gasteiger partial charge in [-0.15, -0.1) is 0 Å². The van der Waals surface area contributed by atoms with Crippen molar-refractivity contribution < 1.29 is 19.0 Å². The normalized spacial score (nSPS) is 19.0. The second-order valence-electron chi connectivity index (χ2n) is 8.99. The van der Waals surface area contributed by atoms with E-state index in [-0.39, 0.29) is 6.09 Å². The number of ether oxygens (including phenoxy) is 3. The van der Waals surface area contributed by atoms with Crippen LogP contribution >= 0.6 is 0 Å². The Morgan fingerprint density at radius 3 is 1.97 bits per heavy atom. The second kappa shape index (κ2) is 9.20. The molecule has 2 aliphatic rings. The van der Waals surface area contributed by atoms with Gasteiger partial charge in [0.1, 0.15) is 22.8 Å². The summed E-state index contributed by atoms with van der Waals surface area (Å²) < 4.78 is 16.3. The number of rotatable bonds is 4. The quantitative estimate of drug-likeness (QED) is 0.750. The van der Waals surface area contributed by atoms with Crippen LogP contribution < -0.4 is 20.1 Å². The van der Waals surface area contributed by atoms with Crippen LogP contribution in [0.15, 0.2) is 12.1 Å². The highest BCUT2D eigenvalue weighted by atomic mass is 16.6. The molecule has 2 aliphatic heterocycles. The Morgan fingerprint density at radius 1 is 0.967 bits per heavy atom. The molecule has 1 aromatic rings. The number of amides is 1. The lowest BCUT2D eigenvalue weighted by atomic mass is 10.0. The molecule has 1 aromatic carbocycles. The van der Waals surface area contributed by atoms with E-state index < -0.39 is 5.60 Å². The summed E-state index contributed by atoms with van der Waals surface area (Å²) in [4.78, 5) is 19.0. The van der Waals surface area contributed by atoms with E-state index in [0.29, 0.717) is 23.2 Å². The zero-order chi connectivity index (χ0) is 21.9. The highest BCUT2D eigenvalue weighted by Crippen LogP contribution is 2.37. The summed E-state index contributed by atoms with van der Waals surface area (Å²) in [5.74, 6) is 1.29. The largest absolute Gasteiger partial charge is 0.494 e. The maximum atomic E-state index is 12.3. The van der Waals surface area contributed by atoms with Crippen molar-refractivity contribution in [3.63, 3.8) is 0 Å². The van der Waals surface area contributed by atoms with Gasteiger partial charge in [-0.3, -0.25) is 4.90 Å². The predicted molar refractivity (Wildman–Crippen MR) is 119 cm³/mol. The van der Waals surface area contributed by atoms with Crippen LogP contribution in [0.25, 0.3) is 0 Å². The first-order chi connectivity index (χ1) is 14.2. The average molecular weight is 421 g/mol. The molecule has 0 radical (unpaired) electrons. The Balaban J connectivity index is 1.53. The molecule has 2 fully saturated rings. The molecular weight excluding hydrogens is 384 g/mol. The first-order valence-electron chi connectivity index (χ1n) is 10.7. The smallest absolute Gasteiger partial charge is 0.410 e. The molecule has 2 saturated heterocycles. The fraction of sp³-hybridized carbons (Fsp3) is 0.682. The minimum absolute atomic E-state index is 0.205. The summed E-state index contributed by atoms with van der Waals surface area (Å²) in [6.07, 6.45) is 1.96. The van der Waals surface area contributed by atoms with Crippen molar-refractivity contribution in [1.29, 1.82) is 0 Å². The number of nitrogens with zero attached hydrogens (tertiary/aromatic N) is 3. The topological polar surface area (TPSA) is 80.5 Å². The van der Waals surface area contributed by atoms with Gasteiger partial charge < -0.3 is 29.7 Å². The van der Waals surface area contributed by atoms with Crippen LogP contribution in [-0.4, -0.2) is 81.0 Å². The third-order valence-corrected chi connectivity index (χ3v) is 5.84. The van der Waals surface area contributed by atoms with Gasteiger partial charge in [-0.25, -0.2) is 4.79 Å². The average Bonchev–Trinajstić information content (AvgIpc) is 2.73. The van der Waals surface area contributed by atoms with Crippen molar-refractivity contribution in [1.82, 2.24) is 9.80 Å². The summed E-state index contributed by atoms with van der Waals surface area (Å²) >= 11 is 0. The second-order valence-corrected chi connectivity index (χ2v) is 8.99. The SMILES string of the molecule is COc1cc(N2CCC(N3CCN(C(=O)OC(C)(C)C)CC3)CC2)cc(OC)c1N. The molecule has 0 saturated carbocycles. The minimum atomic E-state index is -0.450. The van der Waals surface area contributed by atoms with E-state index >= 15 is 0 Å². The number of nitrogens with two attached hydrogens (primary N) is 1. The first kappa shape index (κ1) is 22.3. The van der Waals surface area contributed by atoms with Crippen molar-refractivity contribution in [3.05, 3.63) is 12.1 Å².